The Kier molecular flexibility index (Phi) is 1.13. The molecular formula is C14H16ClN. The second kappa shape index (κ2) is 2.06. The summed E-state index contributed by atoms with van der Waals surface area (Å²) in [6, 6.07) is 0. The molecule has 0 aromatic carbocycles. The molecular weight excluding hydrogens is 218 g/mol. The normalized spacial score (nSPS) is 73.0. The number of hydrogen-bond donors (Lipinski definition) is 1. The highest BCUT2D eigenvalue weighted by Crippen LogP contribution is 2.90. The molecule has 1 aliphatic heterocycles. The topological polar surface area (TPSA) is 12.0 Å². The zero-order valence-electron chi connectivity index (χ0n) is 9.10. The summed E-state index contributed by atoms with van der Waals surface area (Å²) in [5.74, 6) is 5.92. The van der Waals surface area contributed by atoms with Gasteiger partial charge in [0.1, 0.15) is 0 Å². The van der Waals surface area contributed by atoms with Crippen molar-refractivity contribution in [2.24, 2.45) is 46.3 Å². The standard InChI is InChI=1S/C14H15N.ClH/c1-2-8-11-7(1)13-5-15-6-14(8,13)10-4-3-9(13)12(10)11;/h1-4,7-12,15H,5-6H2;1H. The first kappa shape index (κ1) is 8.77. The lowest BCUT2D eigenvalue weighted by atomic mass is 9.55. The molecule has 0 aromatic rings. The molecule has 16 heavy (non-hydrogen) atoms. The Morgan fingerprint density at radius 1 is 0.750 bits per heavy atom. The molecule has 8 bridgehead atoms. The van der Waals surface area contributed by atoms with Crippen LogP contribution in [0, 0.1) is 46.3 Å². The number of allylic oxidation sites excluding steroid dienone is 4. The van der Waals surface area contributed by atoms with Gasteiger partial charge < -0.3 is 5.32 Å². The summed E-state index contributed by atoms with van der Waals surface area (Å²) in [4.78, 5) is 0. The maximum Gasteiger partial charge on any atom is 0.00390 e. The van der Waals surface area contributed by atoms with Gasteiger partial charge in [0.05, 0.1) is 0 Å². The van der Waals surface area contributed by atoms with Crippen LogP contribution >= 0.6 is 12.4 Å². The molecule has 1 heterocycles. The van der Waals surface area contributed by atoms with Gasteiger partial charge in [-0.15, -0.1) is 12.4 Å². The van der Waals surface area contributed by atoms with E-state index in [0.717, 1.165) is 35.5 Å². The first-order chi connectivity index (χ1) is 7.41. The average molecular weight is 234 g/mol. The molecule has 2 heteroatoms. The molecule has 0 radical (unpaired) electrons. The zero-order valence-corrected chi connectivity index (χ0v) is 9.91. The second-order valence-corrected chi connectivity index (χ2v) is 6.71. The van der Waals surface area contributed by atoms with Crippen molar-refractivity contribution < 1.29 is 0 Å². The molecule has 4 atom stereocenters. The highest BCUT2D eigenvalue weighted by atomic mass is 35.5. The molecule has 84 valence electrons. The van der Waals surface area contributed by atoms with E-state index >= 15 is 0 Å². The highest BCUT2D eigenvalue weighted by Gasteiger charge is 2.89. The predicted octanol–water partition coefficient (Wildman–Crippen LogP) is 1.86. The molecule has 1 saturated heterocycles. The summed E-state index contributed by atoms with van der Waals surface area (Å²) in [6.45, 7) is 2.63. The van der Waals surface area contributed by atoms with Crippen LogP contribution in [-0.4, -0.2) is 13.1 Å². The van der Waals surface area contributed by atoms with E-state index in [1.165, 1.54) is 13.1 Å². The number of hydrogen-bond acceptors (Lipinski definition) is 1. The van der Waals surface area contributed by atoms with E-state index in [4.69, 9.17) is 0 Å². The molecule has 7 aliphatic rings. The lowest BCUT2D eigenvalue weighted by Crippen LogP contribution is -2.47. The van der Waals surface area contributed by atoms with Crippen LogP contribution in [-0.2, 0) is 0 Å². The molecule has 0 aromatic heterocycles. The van der Waals surface area contributed by atoms with Gasteiger partial charge in [0.25, 0.3) is 0 Å². The van der Waals surface area contributed by atoms with Crippen LogP contribution < -0.4 is 5.32 Å². The Labute approximate surface area is 102 Å². The van der Waals surface area contributed by atoms with Gasteiger partial charge in [0.15, 0.2) is 0 Å². The molecule has 1 N–H and O–H groups in total. The van der Waals surface area contributed by atoms with E-state index < -0.39 is 0 Å². The Bertz CT molecular complexity index is 395. The molecule has 7 rings (SSSR count). The predicted molar refractivity (Wildman–Crippen MR) is 64.2 cm³/mol. The van der Waals surface area contributed by atoms with Crippen molar-refractivity contribution in [2.45, 2.75) is 0 Å². The molecule has 0 amide bonds. The highest BCUT2D eigenvalue weighted by molar-refractivity contribution is 5.85. The van der Waals surface area contributed by atoms with Crippen LogP contribution in [0.5, 0.6) is 0 Å². The lowest BCUT2D eigenvalue weighted by molar-refractivity contribution is 0.0650. The van der Waals surface area contributed by atoms with Gasteiger partial charge in [0.2, 0.25) is 0 Å². The molecule has 1 nitrogen and oxygen atoms in total. The van der Waals surface area contributed by atoms with Gasteiger partial charge in [-0.25, -0.2) is 0 Å². The van der Waals surface area contributed by atoms with Crippen molar-refractivity contribution in [2.75, 3.05) is 13.1 Å². The number of rotatable bonds is 0. The first-order valence-corrected chi connectivity index (χ1v) is 6.49. The summed E-state index contributed by atoms with van der Waals surface area (Å²) in [7, 11) is 0. The molecule has 6 aliphatic carbocycles. The minimum atomic E-state index is 0. The molecule has 5 fully saturated rings. The summed E-state index contributed by atoms with van der Waals surface area (Å²) >= 11 is 0. The van der Waals surface area contributed by atoms with Crippen molar-refractivity contribution >= 4 is 12.4 Å². The van der Waals surface area contributed by atoms with Crippen LogP contribution in [0.25, 0.3) is 0 Å². The third-order valence-electron chi connectivity index (χ3n) is 7.24. The third kappa shape index (κ3) is 0.445. The minimum absolute atomic E-state index is 0. The molecule has 2 spiro atoms. The van der Waals surface area contributed by atoms with E-state index in [1.807, 2.05) is 0 Å². The Morgan fingerprint density at radius 2 is 1.12 bits per heavy atom. The summed E-state index contributed by atoms with van der Waals surface area (Å²) in [5, 5.41) is 3.74. The minimum Gasteiger partial charge on any atom is -0.315 e. The van der Waals surface area contributed by atoms with Gasteiger partial charge in [-0.2, -0.15) is 0 Å². The molecule has 4 unspecified atom stereocenters. The Morgan fingerprint density at radius 3 is 1.50 bits per heavy atom. The maximum absolute atomic E-state index is 3.74. The fourth-order valence-electron chi connectivity index (χ4n) is 7.42. The zero-order chi connectivity index (χ0) is 9.41. The fourth-order valence-corrected chi connectivity index (χ4v) is 7.42. The second-order valence-electron chi connectivity index (χ2n) is 6.71. The van der Waals surface area contributed by atoms with E-state index in [9.17, 15) is 0 Å². The fraction of sp³-hybridized carbons (Fsp3) is 0.714. The smallest absolute Gasteiger partial charge is 0.00390 e. The van der Waals surface area contributed by atoms with Crippen molar-refractivity contribution in [1.82, 2.24) is 5.32 Å². The monoisotopic (exact) mass is 233 g/mol. The lowest BCUT2D eigenvalue weighted by Gasteiger charge is -2.47. The van der Waals surface area contributed by atoms with Crippen molar-refractivity contribution in [3.05, 3.63) is 24.3 Å². The Balaban J connectivity index is 0.000000667. The molecule has 4 saturated carbocycles. The maximum atomic E-state index is 3.74. The van der Waals surface area contributed by atoms with Crippen molar-refractivity contribution in [3.8, 4) is 0 Å². The number of halogens is 1. The van der Waals surface area contributed by atoms with E-state index in [-0.39, 0.29) is 12.4 Å². The van der Waals surface area contributed by atoms with Crippen LogP contribution in [0.2, 0.25) is 0 Å². The van der Waals surface area contributed by atoms with Crippen molar-refractivity contribution in [1.29, 1.82) is 0 Å². The Hall–Kier alpha value is -0.270. The summed E-state index contributed by atoms with van der Waals surface area (Å²) in [5.41, 5.74) is 1.36. The largest absolute Gasteiger partial charge is 0.315 e. The van der Waals surface area contributed by atoms with Crippen molar-refractivity contribution in [3.63, 3.8) is 0 Å². The SMILES string of the molecule is C1=CC2C3C4C5C=CC4C24CNCC54C13.Cl. The van der Waals surface area contributed by atoms with E-state index in [0.29, 0.717) is 10.8 Å². The van der Waals surface area contributed by atoms with Crippen LogP contribution in [0.15, 0.2) is 24.3 Å². The van der Waals surface area contributed by atoms with E-state index in [2.05, 4.69) is 29.6 Å². The third-order valence-corrected chi connectivity index (χ3v) is 7.24. The first-order valence-electron chi connectivity index (χ1n) is 6.49. The average Bonchev–Trinajstić information content (AvgIpc) is 3.03. The van der Waals surface area contributed by atoms with Crippen LogP contribution in [0.4, 0.5) is 0 Å². The van der Waals surface area contributed by atoms with Gasteiger partial charge in [-0.3, -0.25) is 0 Å². The quantitative estimate of drug-likeness (QED) is 0.630. The summed E-state index contributed by atoms with van der Waals surface area (Å²) in [6.07, 6.45) is 10.3. The van der Waals surface area contributed by atoms with Crippen LogP contribution in [0.1, 0.15) is 0 Å². The van der Waals surface area contributed by atoms with Gasteiger partial charge in [-0.1, -0.05) is 24.3 Å². The van der Waals surface area contributed by atoms with Gasteiger partial charge >= 0.3 is 0 Å². The van der Waals surface area contributed by atoms with Gasteiger partial charge in [0, 0.05) is 23.9 Å². The summed E-state index contributed by atoms with van der Waals surface area (Å²) < 4.78 is 0. The van der Waals surface area contributed by atoms with Crippen LogP contribution in [0.3, 0.4) is 0 Å². The number of nitrogens with one attached hydrogen (secondary N) is 1. The van der Waals surface area contributed by atoms with E-state index in [1.54, 1.807) is 0 Å². The van der Waals surface area contributed by atoms with Gasteiger partial charge in [-0.05, 0) is 35.5 Å².